The van der Waals surface area contributed by atoms with Crippen LogP contribution in [0.2, 0.25) is 0 Å². The summed E-state index contributed by atoms with van der Waals surface area (Å²) in [5.41, 5.74) is -0.797. The number of hydrogen-bond donors (Lipinski definition) is 0. The van der Waals surface area contributed by atoms with Gasteiger partial charge >= 0.3 is 11.9 Å². The van der Waals surface area contributed by atoms with E-state index in [1.807, 2.05) is 0 Å². The fraction of sp³-hybridized carbons (Fsp3) is 0.793. The fourth-order valence-electron chi connectivity index (χ4n) is 7.15. The second kappa shape index (κ2) is 10.3. The fourth-order valence-corrected chi connectivity index (χ4v) is 7.15. The molecule has 0 aromatic carbocycles. The van der Waals surface area contributed by atoms with Crippen molar-refractivity contribution in [3.05, 3.63) is 12.2 Å². The van der Waals surface area contributed by atoms with Crippen molar-refractivity contribution in [1.82, 2.24) is 4.90 Å². The number of ether oxygens (including phenoxy) is 2. The molecule has 0 spiro atoms. The molecular formula is C29H41NO6. The Morgan fingerprint density at radius 1 is 1.08 bits per heavy atom. The van der Waals surface area contributed by atoms with E-state index in [9.17, 15) is 19.2 Å². The summed E-state index contributed by atoms with van der Waals surface area (Å²) in [5, 5.41) is 0. The lowest BCUT2D eigenvalue weighted by molar-refractivity contribution is -0.154. The summed E-state index contributed by atoms with van der Waals surface area (Å²) in [4.78, 5) is 54.6. The first-order chi connectivity index (χ1) is 17.3. The van der Waals surface area contributed by atoms with Crippen molar-refractivity contribution in [3.63, 3.8) is 0 Å². The normalized spacial score (nSPS) is 41.3. The first kappa shape index (κ1) is 25.5. The molecule has 1 saturated heterocycles. The zero-order valence-electron chi connectivity index (χ0n) is 21.8. The Morgan fingerprint density at radius 3 is 2.61 bits per heavy atom. The summed E-state index contributed by atoms with van der Waals surface area (Å²) in [6.07, 6.45) is 13.2. The number of fused-ring (bicyclic) bond motifs is 3. The van der Waals surface area contributed by atoms with Crippen molar-refractivity contribution in [2.24, 2.45) is 35.0 Å². The van der Waals surface area contributed by atoms with Crippen LogP contribution in [0.1, 0.15) is 84.0 Å². The van der Waals surface area contributed by atoms with Crippen molar-refractivity contribution in [3.8, 4) is 0 Å². The van der Waals surface area contributed by atoms with Gasteiger partial charge in [-0.2, -0.15) is 0 Å². The van der Waals surface area contributed by atoms with E-state index in [1.54, 1.807) is 4.90 Å². The standard InChI is InChI=1S/C29H41NO6/c1-18-10-24-25(31)16-29(28(34)35-2)15-22(29)9-7-5-3-4-6-8-19(27(33)30(24)17-18)14-26(32)36-23-12-20-11-21(20)13-23/h7,9,18-24H,3-6,8,10-17H2,1-2H3/b9-7-/t18-,19+,20-,21+,22+,23?,24-,29+/m0/s1. The maximum absolute atomic E-state index is 13.8. The van der Waals surface area contributed by atoms with Crippen molar-refractivity contribution < 1.29 is 28.7 Å². The number of rotatable bonds is 4. The molecule has 36 heavy (non-hydrogen) atoms. The number of carbonyl (C=O) groups is 4. The second-order valence-electron chi connectivity index (χ2n) is 12.3. The Balaban J connectivity index is 1.31. The van der Waals surface area contributed by atoms with E-state index < -0.39 is 17.4 Å². The number of Topliss-reactive ketones (excluding diaryl/α,β-unsaturated/α-hetero) is 1. The van der Waals surface area contributed by atoms with E-state index in [0.717, 1.165) is 50.4 Å². The van der Waals surface area contributed by atoms with Crippen LogP contribution in [0.3, 0.4) is 0 Å². The number of hydrogen-bond acceptors (Lipinski definition) is 6. The van der Waals surface area contributed by atoms with Gasteiger partial charge in [0.2, 0.25) is 5.91 Å². The van der Waals surface area contributed by atoms with Gasteiger partial charge in [0, 0.05) is 18.9 Å². The Kier molecular flexibility index (Phi) is 7.28. The SMILES string of the molecule is COC(=O)[C@]12CC(=O)[C@@H]3C[C@H](C)CN3C(=O)[C@@H](CC(=O)OC3C[C@@H]4C[C@@H]4C3)CCCCC/C=C\[C@@H]1C2. The summed E-state index contributed by atoms with van der Waals surface area (Å²) >= 11 is 0. The number of esters is 2. The maximum Gasteiger partial charge on any atom is 0.312 e. The van der Waals surface area contributed by atoms with Gasteiger partial charge in [0.15, 0.2) is 5.78 Å². The molecule has 198 valence electrons. The van der Waals surface area contributed by atoms with Crippen molar-refractivity contribution in [2.75, 3.05) is 13.7 Å². The molecule has 3 saturated carbocycles. The van der Waals surface area contributed by atoms with Gasteiger partial charge in [-0.3, -0.25) is 19.2 Å². The summed E-state index contributed by atoms with van der Waals surface area (Å²) < 4.78 is 10.9. The maximum atomic E-state index is 13.8. The molecule has 0 aromatic rings. The molecule has 7 heteroatoms. The topological polar surface area (TPSA) is 90.0 Å². The molecular weight excluding hydrogens is 458 g/mol. The minimum Gasteiger partial charge on any atom is -0.469 e. The average Bonchev–Trinajstić information content (AvgIpc) is 3.65. The Labute approximate surface area is 214 Å². The third kappa shape index (κ3) is 5.26. The minimum atomic E-state index is -0.797. The van der Waals surface area contributed by atoms with Gasteiger partial charge in [-0.1, -0.05) is 31.9 Å². The van der Waals surface area contributed by atoms with E-state index in [-0.39, 0.29) is 54.4 Å². The molecule has 1 unspecified atom stereocenters. The summed E-state index contributed by atoms with van der Waals surface area (Å²) in [5.74, 6) is 0.452. The zero-order chi connectivity index (χ0) is 25.4. The molecule has 5 aliphatic rings. The van der Waals surface area contributed by atoms with Crippen LogP contribution in [-0.2, 0) is 28.7 Å². The van der Waals surface area contributed by atoms with Crippen LogP contribution in [0.4, 0.5) is 0 Å². The second-order valence-corrected chi connectivity index (χ2v) is 12.3. The summed E-state index contributed by atoms with van der Waals surface area (Å²) in [7, 11) is 1.38. The van der Waals surface area contributed by atoms with Gasteiger partial charge in [-0.05, 0) is 75.0 Å². The van der Waals surface area contributed by atoms with E-state index in [2.05, 4.69) is 19.1 Å². The average molecular weight is 500 g/mol. The number of ketones is 1. The quantitative estimate of drug-likeness (QED) is 0.425. The Hall–Kier alpha value is -2.18. The predicted octanol–water partition coefficient (Wildman–Crippen LogP) is 4.23. The number of carbonyl (C=O) groups excluding carboxylic acids is 4. The van der Waals surface area contributed by atoms with E-state index in [1.165, 1.54) is 13.5 Å². The Bertz CT molecular complexity index is 919. The molecule has 0 N–H and O–H groups in total. The van der Waals surface area contributed by atoms with Gasteiger partial charge < -0.3 is 14.4 Å². The third-order valence-electron chi connectivity index (χ3n) is 9.43. The van der Waals surface area contributed by atoms with Crippen LogP contribution in [0.5, 0.6) is 0 Å². The highest BCUT2D eigenvalue weighted by atomic mass is 16.5. The molecule has 7 nitrogen and oxygen atoms in total. The molecule has 4 fully saturated rings. The van der Waals surface area contributed by atoms with E-state index >= 15 is 0 Å². The number of amides is 1. The van der Waals surface area contributed by atoms with Crippen molar-refractivity contribution in [2.45, 2.75) is 96.1 Å². The van der Waals surface area contributed by atoms with Crippen LogP contribution >= 0.6 is 0 Å². The molecule has 1 amide bonds. The van der Waals surface area contributed by atoms with Crippen molar-refractivity contribution in [1.29, 1.82) is 0 Å². The van der Waals surface area contributed by atoms with E-state index in [0.29, 0.717) is 25.8 Å². The van der Waals surface area contributed by atoms with Crippen LogP contribution < -0.4 is 0 Å². The molecule has 3 aliphatic carbocycles. The van der Waals surface area contributed by atoms with E-state index in [4.69, 9.17) is 9.47 Å². The van der Waals surface area contributed by atoms with Gasteiger partial charge in [0.1, 0.15) is 6.10 Å². The first-order valence-corrected chi connectivity index (χ1v) is 14.1. The highest BCUT2D eigenvalue weighted by molar-refractivity contribution is 5.95. The largest absolute Gasteiger partial charge is 0.469 e. The molecule has 0 aromatic heterocycles. The van der Waals surface area contributed by atoms with Crippen LogP contribution in [0.15, 0.2) is 12.2 Å². The minimum absolute atomic E-state index is 0.00697. The number of allylic oxidation sites excluding steroid dienone is 2. The number of nitrogens with zero attached hydrogens (tertiary/aromatic N) is 1. The monoisotopic (exact) mass is 499 g/mol. The van der Waals surface area contributed by atoms with Crippen LogP contribution in [0.25, 0.3) is 0 Å². The number of methoxy groups -OCH3 is 1. The van der Waals surface area contributed by atoms with Gasteiger partial charge in [-0.25, -0.2) is 0 Å². The lowest BCUT2D eigenvalue weighted by Gasteiger charge is -2.29. The lowest BCUT2D eigenvalue weighted by Crippen LogP contribution is -2.45. The van der Waals surface area contributed by atoms with Crippen LogP contribution in [0, 0.1) is 35.0 Å². The molecule has 2 heterocycles. The molecule has 5 rings (SSSR count). The molecule has 2 aliphatic heterocycles. The van der Waals surface area contributed by atoms with Gasteiger partial charge in [-0.15, -0.1) is 0 Å². The van der Waals surface area contributed by atoms with Crippen LogP contribution in [-0.4, -0.2) is 54.3 Å². The molecule has 0 radical (unpaired) electrons. The zero-order valence-corrected chi connectivity index (χ0v) is 21.8. The third-order valence-corrected chi connectivity index (χ3v) is 9.43. The molecule has 0 bridgehead atoms. The predicted molar refractivity (Wildman–Crippen MR) is 133 cm³/mol. The summed E-state index contributed by atoms with van der Waals surface area (Å²) in [6.45, 7) is 2.57. The van der Waals surface area contributed by atoms with Gasteiger partial charge in [0.25, 0.3) is 0 Å². The van der Waals surface area contributed by atoms with Crippen molar-refractivity contribution >= 4 is 23.6 Å². The van der Waals surface area contributed by atoms with Gasteiger partial charge in [0.05, 0.1) is 25.0 Å². The smallest absolute Gasteiger partial charge is 0.312 e. The summed E-state index contributed by atoms with van der Waals surface area (Å²) in [6, 6.07) is -0.537. The molecule has 8 atom stereocenters. The Morgan fingerprint density at radius 2 is 1.86 bits per heavy atom. The first-order valence-electron chi connectivity index (χ1n) is 14.1. The highest BCUT2D eigenvalue weighted by Crippen LogP contribution is 2.57. The highest BCUT2D eigenvalue weighted by Gasteiger charge is 2.61. The lowest BCUT2D eigenvalue weighted by atomic mass is 9.90.